The topological polar surface area (TPSA) is 95.9 Å². The number of aryl methyl sites for hydroxylation is 1. The van der Waals surface area contributed by atoms with Gasteiger partial charge in [0.05, 0.1) is 12.0 Å². The van der Waals surface area contributed by atoms with Crippen LogP contribution >= 0.6 is 0 Å². The summed E-state index contributed by atoms with van der Waals surface area (Å²) in [5, 5.41) is 22.9. The van der Waals surface area contributed by atoms with Crippen LogP contribution in [0, 0.1) is 5.92 Å². The monoisotopic (exact) mass is 429 g/mol. The summed E-state index contributed by atoms with van der Waals surface area (Å²) >= 11 is 0. The summed E-state index contributed by atoms with van der Waals surface area (Å²) in [5.41, 5.74) is 2.62. The molecular formula is C25H35NO5. The van der Waals surface area contributed by atoms with Crippen molar-refractivity contribution in [2.45, 2.75) is 84.2 Å². The fraction of sp³-hybridized carbons (Fsp3) is 0.600. The highest BCUT2D eigenvalue weighted by Gasteiger charge is 2.46. The summed E-state index contributed by atoms with van der Waals surface area (Å²) < 4.78 is 6.40. The van der Waals surface area contributed by atoms with Gasteiger partial charge in [-0.1, -0.05) is 31.4 Å². The second kappa shape index (κ2) is 9.33. The van der Waals surface area contributed by atoms with Gasteiger partial charge in [0.15, 0.2) is 0 Å². The number of benzene rings is 1. The zero-order chi connectivity index (χ0) is 22.8. The molecule has 0 radical (unpaired) electrons. The van der Waals surface area contributed by atoms with Gasteiger partial charge in [-0.05, 0) is 58.1 Å². The second-order valence-electron chi connectivity index (χ2n) is 9.42. The fourth-order valence-electron chi connectivity index (χ4n) is 5.00. The highest BCUT2D eigenvalue weighted by Crippen LogP contribution is 2.54. The maximum atomic E-state index is 13.0. The van der Waals surface area contributed by atoms with Gasteiger partial charge in [-0.2, -0.15) is 0 Å². The lowest BCUT2D eigenvalue weighted by atomic mass is 9.67. The fourth-order valence-corrected chi connectivity index (χ4v) is 5.00. The van der Waals surface area contributed by atoms with Crippen LogP contribution in [0.5, 0.6) is 11.5 Å². The van der Waals surface area contributed by atoms with Crippen molar-refractivity contribution in [3.63, 3.8) is 0 Å². The molecule has 2 atom stereocenters. The number of ether oxygens (including phenoxy) is 1. The molecule has 0 aromatic heterocycles. The van der Waals surface area contributed by atoms with Gasteiger partial charge in [0.25, 0.3) is 5.91 Å². The molecule has 0 fully saturated rings. The number of carbonyl (C=O) groups excluding carboxylic acids is 1. The standard InChI is InChI=1S/C25H35NO5/c1-5-6-7-8-16-14-19-22(23(29)21(16)24(30)26-12-11-20(27)28)17-13-15(2)9-10-18(17)25(3,4)31-19/h13-14,17-18,29H,5-12H2,1-4H3,(H,26,30)(H,27,28)/t17-,18-/m1/s1. The van der Waals surface area contributed by atoms with Gasteiger partial charge in [0.2, 0.25) is 0 Å². The Kier molecular flexibility index (Phi) is 6.97. The lowest BCUT2D eigenvalue weighted by Crippen LogP contribution is -2.45. The van der Waals surface area contributed by atoms with Crippen LogP contribution in [-0.4, -0.2) is 34.2 Å². The van der Waals surface area contributed by atoms with Crippen molar-refractivity contribution in [3.8, 4) is 11.5 Å². The molecule has 31 heavy (non-hydrogen) atoms. The first-order valence-electron chi connectivity index (χ1n) is 11.4. The Morgan fingerprint density at radius 2 is 2.03 bits per heavy atom. The predicted octanol–water partition coefficient (Wildman–Crippen LogP) is 4.94. The van der Waals surface area contributed by atoms with Gasteiger partial charge >= 0.3 is 5.97 Å². The largest absolute Gasteiger partial charge is 0.507 e. The minimum Gasteiger partial charge on any atom is -0.507 e. The van der Waals surface area contributed by atoms with Crippen molar-refractivity contribution in [2.24, 2.45) is 5.92 Å². The molecule has 1 heterocycles. The van der Waals surface area contributed by atoms with Gasteiger partial charge in [-0.3, -0.25) is 9.59 Å². The summed E-state index contributed by atoms with van der Waals surface area (Å²) in [7, 11) is 0. The van der Waals surface area contributed by atoms with Crippen LogP contribution in [0.3, 0.4) is 0 Å². The average molecular weight is 430 g/mol. The van der Waals surface area contributed by atoms with E-state index in [2.05, 4.69) is 39.1 Å². The summed E-state index contributed by atoms with van der Waals surface area (Å²) in [4.78, 5) is 23.9. The van der Waals surface area contributed by atoms with E-state index in [-0.39, 0.29) is 41.7 Å². The van der Waals surface area contributed by atoms with E-state index in [0.29, 0.717) is 17.7 Å². The third-order valence-corrected chi connectivity index (χ3v) is 6.63. The number of hydrogen-bond acceptors (Lipinski definition) is 4. The molecule has 0 bridgehead atoms. The summed E-state index contributed by atoms with van der Waals surface area (Å²) in [6, 6.07) is 1.92. The van der Waals surface area contributed by atoms with E-state index >= 15 is 0 Å². The van der Waals surface area contributed by atoms with Gasteiger partial charge in [0, 0.05) is 23.9 Å². The van der Waals surface area contributed by atoms with Crippen molar-refractivity contribution >= 4 is 11.9 Å². The third kappa shape index (κ3) is 4.89. The molecule has 0 unspecified atom stereocenters. The van der Waals surface area contributed by atoms with Crippen molar-refractivity contribution in [3.05, 3.63) is 34.4 Å². The Labute approximate surface area is 184 Å². The molecule has 3 rings (SSSR count). The number of hydrogen-bond donors (Lipinski definition) is 3. The zero-order valence-corrected chi connectivity index (χ0v) is 19.1. The quantitative estimate of drug-likeness (QED) is 0.402. The molecule has 3 N–H and O–H groups in total. The number of carbonyl (C=O) groups is 2. The second-order valence-corrected chi connectivity index (χ2v) is 9.42. The first-order valence-corrected chi connectivity index (χ1v) is 11.4. The Bertz CT molecular complexity index is 886. The molecule has 170 valence electrons. The van der Waals surface area contributed by atoms with Crippen LogP contribution in [-0.2, 0) is 11.2 Å². The number of allylic oxidation sites excluding steroid dienone is 2. The smallest absolute Gasteiger partial charge is 0.305 e. The van der Waals surface area contributed by atoms with Crippen LogP contribution in [0.1, 0.15) is 93.6 Å². The van der Waals surface area contributed by atoms with Crippen LogP contribution < -0.4 is 10.1 Å². The lowest BCUT2D eigenvalue weighted by molar-refractivity contribution is -0.136. The summed E-state index contributed by atoms with van der Waals surface area (Å²) in [6.07, 6.45) is 7.65. The number of nitrogens with one attached hydrogen (secondary N) is 1. The first-order chi connectivity index (χ1) is 14.7. The van der Waals surface area contributed by atoms with E-state index in [4.69, 9.17) is 9.84 Å². The maximum Gasteiger partial charge on any atom is 0.305 e. The van der Waals surface area contributed by atoms with Crippen LogP contribution in [0.25, 0.3) is 0 Å². The molecule has 6 heteroatoms. The van der Waals surface area contributed by atoms with E-state index < -0.39 is 11.9 Å². The number of aromatic hydroxyl groups is 1. The van der Waals surface area contributed by atoms with Gasteiger partial charge in [-0.15, -0.1) is 0 Å². The predicted molar refractivity (Wildman–Crippen MR) is 120 cm³/mol. The molecule has 1 aromatic rings. The van der Waals surface area contributed by atoms with E-state index in [1.807, 2.05) is 6.07 Å². The number of carboxylic acids is 1. The molecular weight excluding hydrogens is 394 g/mol. The van der Waals surface area contributed by atoms with Crippen LogP contribution in [0.2, 0.25) is 0 Å². The highest BCUT2D eigenvalue weighted by molar-refractivity contribution is 5.99. The Hall–Kier alpha value is -2.50. The molecule has 2 aliphatic rings. The van der Waals surface area contributed by atoms with Gasteiger partial charge < -0.3 is 20.3 Å². The number of fused-ring (bicyclic) bond motifs is 3. The number of carboxylic acid groups (broad SMARTS) is 1. The molecule has 1 aliphatic heterocycles. The number of rotatable bonds is 8. The highest BCUT2D eigenvalue weighted by atomic mass is 16.5. The zero-order valence-electron chi connectivity index (χ0n) is 19.1. The van der Waals surface area contributed by atoms with E-state index in [9.17, 15) is 14.7 Å². The maximum absolute atomic E-state index is 13.0. The molecule has 1 amide bonds. The van der Waals surface area contributed by atoms with Crippen molar-refractivity contribution < 1.29 is 24.5 Å². The minimum atomic E-state index is -0.973. The molecule has 0 saturated heterocycles. The molecule has 0 saturated carbocycles. The normalized spacial score (nSPS) is 21.4. The Morgan fingerprint density at radius 1 is 1.29 bits per heavy atom. The van der Waals surface area contributed by atoms with Gasteiger partial charge in [-0.25, -0.2) is 0 Å². The van der Waals surface area contributed by atoms with Crippen molar-refractivity contribution in [2.75, 3.05) is 6.54 Å². The Balaban J connectivity index is 2.07. The van der Waals surface area contributed by atoms with Crippen molar-refractivity contribution in [1.29, 1.82) is 0 Å². The molecule has 1 aliphatic carbocycles. The summed E-state index contributed by atoms with van der Waals surface area (Å²) in [6.45, 7) is 8.44. The average Bonchev–Trinajstić information content (AvgIpc) is 2.66. The molecule has 6 nitrogen and oxygen atoms in total. The van der Waals surface area contributed by atoms with Crippen LogP contribution in [0.15, 0.2) is 17.7 Å². The lowest BCUT2D eigenvalue weighted by Gasteiger charge is -2.46. The molecule has 0 spiro atoms. The third-order valence-electron chi connectivity index (χ3n) is 6.63. The summed E-state index contributed by atoms with van der Waals surface area (Å²) in [5.74, 6) is -0.562. The first kappa shape index (κ1) is 23.2. The van der Waals surface area contributed by atoms with Crippen LogP contribution in [0.4, 0.5) is 0 Å². The Morgan fingerprint density at radius 3 is 2.71 bits per heavy atom. The molecule has 1 aromatic carbocycles. The van der Waals surface area contributed by atoms with Gasteiger partial charge in [0.1, 0.15) is 17.1 Å². The van der Waals surface area contributed by atoms with E-state index in [1.165, 1.54) is 5.57 Å². The van der Waals surface area contributed by atoms with E-state index in [1.54, 1.807) is 0 Å². The number of aliphatic carboxylic acids is 1. The number of phenols is 1. The van der Waals surface area contributed by atoms with E-state index in [0.717, 1.165) is 37.7 Å². The number of amides is 1. The van der Waals surface area contributed by atoms with Crippen molar-refractivity contribution in [1.82, 2.24) is 5.32 Å². The number of phenolic OH excluding ortho intramolecular Hbond substituents is 1. The number of unbranched alkanes of at least 4 members (excludes halogenated alkanes) is 2. The minimum absolute atomic E-state index is 0.0113. The SMILES string of the molecule is CCCCCc1cc2c(c(O)c1C(=O)NCCC(=O)O)[C@@H]1C=C(C)CC[C@H]1C(C)(C)O2.